The summed E-state index contributed by atoms with van der Waals surface area (Å²) in [5, 5.41) is 38.2. The number of carbonyl (C=O) groups excluding carboxylic acids is 4. The predicted octanol–water partition coefficient (Wildman–Crippen LogP) is 3.67. The zero-order chi connectivity index (χ0) is 61.1. The smallest absolute Gasteiger partial charge is 0.316 e. The summed E-state index contributed by atoms with van der Waals surface area (Å²) in [5.74, 6) is -3.66. The molecule has 0 aromatic heterocycles. The number of esters is 4. The standard InChI is InChI=1S/4C17H21NO4/c4*1-18-13-7-11(8-14(18)16-15(13)22-16)21-17(20)12(9-19)10-5-3-2-4-6-10/h4*2-6,11-16,19H,7-9H2,1H3/t4*11?,12-,13-,14+,15-,16+/m1111/s1. The van der Waals surface area contributed by atoms with Crippen LogP contribution in [-0.4, -0.2) is 240 Å². The van der Waals surface area contributed by atoms with Gasteiger partial charge in [-0.25, -0.2) is 0 Å². The summed E-state index contributed by atoms with van der Waals surface area (Å²) < 4.78 is 45.5. The van der Waals surface area contributed by atoms with Crippen LogP contribution in [0.5, 0.6) is 0 Å². The highest BCUT2D eigenvalue weighted by Gasteiger charge is 2.66. The third-order valence-corrected chi connectivity index (χ3v) is 21.3. The van der Waals surface area contributed by atoms with Crippen LogP contribution in [0.1, 0.15) is 97.3 Å². The lowest BCUT2D eigenvalue weighted by atomic mass is 9.97. The van der Waals surface area contributed by atoms with Crippen LogP contribution in [0.25, 0.3) is 0 Å². The minimum atomic E-state index is -0.593. The number of fused-ring (bicyclic) bond motifs is 20. The molecule has 4 unspecified atom stereocenters. The minimum Gasteiger partial charge on any atom is -0.462 e. The second-order valence-corrected chi connectivity index (χ2v) is 26.2. The van der Waals surface area contributed by atoms with E-state index in [4.69, 9.17) is 37.9 Å². The molecule has 24 atom stereocenters. The zero-order valence-electron chi connectivity index (χ0n) is 50.4. The Morgan fingerprint density at radius 1 is 0.330 bits per heavy atom. The molecule has 12 saturated heterocycles. The Morgan fingerprint density at radius 3 is 0.636 bits per heavy atom. The maximum atomic E-state index is 12.4. The van der Waals surface area contributed by atoms with E-state index in [1.54, 1.807) is 0 Å². The van der Waals surface area contributed by atoms with Crippen molar-refractivity contribution in [2.24, 2.45) is 0 Å². The Kier molecular flexibility index (Phi) is 18.0. The van der Waals surface area contributed by atoms with Crippen LogP contribution < -0.4 is 0 Å². The monoisotopic (exact) mass is 1210 g/mol. The zero-order valence-corrected chi connectivity index (χ0v) is 50.4. The summed E-state index contributed by atoms with van der Waals surface area (Å²) >= 11 is 0. The molecular formula is C68H84N4O16. The SMILES string of the molecule is CN1[C@@H]2CC(OC(=O)[C@H](CO)c3ccccc3)C[C@H]1[C@@H]1O[C@@H]12.CN1[C@@H]2CC(OC(=O)[C@H](CO)c3ccccc3)C[C@H]1[C@@H]1O[C@@H]12.CN1[C@@H]2CC(OC(=O)[C@H](CO)c3ccccc3)C[C@H]1[C@@H]1O[C@@H]12.CN1[C@@H]2CC(OC(=O)[C@H](CO)c3ccccc3)C[C@H]1[C@@H]1O[C@@H]12. The van der Waals surface area contributed by atoms with Gasteiger partial charge in [-0.1, -0.05) is 121 Å². The molecular weight excluding hydrogens is 1130 g/mol. The minimum absolute atomic E-state index is 0.0622. The number of aliphatic hydroxyl groups excluding tert-OH is 4. The Labute approximate surface area is 513 Å². The molecule has 472 valence electrons. The number of benzene rings is 4. The lowest BCUT2D eigenvalue weighted by Crippen LogP contribution is -2.48. The summed E-state index contributed by atoms with van der Waals surface area (Å²) in [7, 11) is 8.51. The number of epoxide rings is 4. The van der Waals surface area contributed by atoms with Gasteiger partial charge in [-0.3, -0.25) is 38.8 Å². The molecule has 0 radical (unpaired) electrons. The molecule has 4 N–H and O–H groups in total. The lowest BCUT2D eigenvalue weighted by Gasteiger charge is -2.38. The van der Waals surface area contributed by atoms with Gasteiger partial charge in [-0.2, -0.15) is 0 Å². The highest BCUT2D eigenvalue weighted by molar-refractivity contribution is 5.80. The van der Waals surface area contributed by atoms with Gasteiger partial charge in [0.1, 0.15) is 96.9 Å². The van der Waals surface area contributed by atoms with E-state index in [0.29, 0.717) is 97.2 Å². The molecule has 4 aromatic rings. The predicted molar refractivity (Wildman–Crippen MR) is 318 cm³/mol. The van der Waals surface area contributed by atoms with E-state index in [-0.39, 0.29) is 74.7 Å². The van der Waals surface area contributed by atoms with Gasteiger partial charge in [-0.05, 0) is 50.4 Å². The van der Waals surface area contributed by atoms with Crippen LogP contribution in [0.4, 0.5) is 0 Å². The molecule has 12 aliphatic heterocycles. The Hall–Kier alpha value is -5.72. The van der Waals surface area contributed by atoms with Crippen molar-refractivity contribution >= 4 is 23.9 Å². The fraction of sp³-hybridized carbons (Fsp3) is 0.588. The molecule has 4 aromatic carbocycles. The Bertz CT molecular complexity index is 2590. The highest BCUT2D eigenvalue weighted by atomic mass is 16.6. The number of aliphatic hydroxyl groups is 4. The summed E-state index contributed by atoms with van der Waals surface area (Å²) in [6.45, 7) is -0.902. The third-order valence-electron chi connectivity index (χ3n) is 21.3. The topological polar surface area (TPSA) is 249 Å². The largest absolute Gasteiger partial charge is 0.462 e. The first-order valence-corrected chi connectivity index (χ1v) is 31.7. The second kappa shape index (κ2) is 25.9. The average Bonchev–Trinajstić information content (AvgIpc) is 1.79. The maximum Gasteiger partial charge on any atom is 0.316 e. The van der Waals surface area contributed by atoms with E-state index >= 15 is 0 Å². The van der Waals surface area contributed by atoms with Crippen LogP contribution in [0.15, 0.2) is 121 Å². The quantitative estimate of drug-likeness (QED) is 0.0710. The van der Waals surface area contributed by atoms with Gasteiger partial charge in [0.05, 0.1) is 26.4 Å². The number of carbonyl (C=O) groups is 4. The van der Waals surface area contributed by atoms with E-state index in [0.717, 1.165) is 73.6 Å². The van der Waals surface area contributed by atoms with Crippen LogP contribution >= 0.6 is 0 Å². The van der Waals surface area contributed by atoms with Crippen LogP contribution in [-0.2, 0) is 57.1 Å². The molecule has 0 amide bonds. The molecule has 12 heterocycles. The maximum absolute atomic E-state index is 12.4. The van der Waals surface area contributed by atoms with Gasteiger partial charge < -0.3 is 58.3 Å². The lowest BCUT2D eigenvalue weighted by molar-refractivity contribution is -0.157. The molecule has 20 heteroatoms. The second-order valence-electron chi connectivity index (χ2n) is 26.2. The highest BCUT2D eigenvalue weighted by Crippen LogP contribution is 2.51. The number of morpholine rings is 4. The van der Waals surface area contributed by atoms with Gasteiger partial charge in [0.2, 0.25) is 0 Å². The number of rotatable bonds is 16. The average molecular weight is 1210 g/mol. The summed E-state index contributed by atoms with van der Waals surface area (Å²) in [6, 6.07) is 40.2. The number of hydrogen-bond acceptors (Lipinski definition) is 20. The molecule has 12 fully saturated rings. The van der Waals surface area contributed by atoms with Crippen molar-refractivity contribution in [2.75, 3.05) is 54.6 Å². The molecule has 12 aliphatic rings. The number of nitrogens with zero attached hydrogens (tertiary/aromatic N) is 4. The van der Waals surface area contributed by atoms with Crippen molar-refractivity contribution in [2.45, 2.75) is 197 Å². The van der Waals surface area contributed by atoms with E-state index in [2.05, 4.69) is 47.8 Å². The van der Waals surface area contributed by atoms with Crippen molar-refractivity contribution < 1.29 is 77.5 Å². The first-order valence-electron chi connectivity index (χ1n) is 31.7. The van der Waals surface area contributed by atoms with Crippen molar-refractivity contribution in [3.8, 4) is 0 Å². The van der Waals surface area contributed by atoms with Gasteiger partial charge >= 0.3 is 23.9 Å². The summed E-state index contributed by atoms with van der Waals surface area (Å²) in [6.07, 6.45) is 9.04. The van der Waals surface area contributed by atoms with E-state index < -0.39 is 23.7 Å². The molecule has 0 spiro atoms. The van der Waals surface area contributed by atoms with Crippen molar-refractivity contribution in [3.05, 3.63) is 144 Å². The van der Waals surface area contributed by atoms with Crippen LogP contribution in [0.2, 0.25) is 0 Å². The number of piperidine rings is 4. The number of likely N-dealkylation sites (N-methyl/N-ethyl adjacent to an activating group) is 4. The Morgan fingerprint density at radius 2 is 0.489 bits per heavy atom. The van der Waals surface area contributed by atoms with Gasteiger partial charge in [0.15, 0.2) is 0 Å². The molecule has 0 saturated carbocycles. The molecule has 20 nitrogen and oxygen atoms in total. The van der Waals surface area contributed by atoms with E-state index in [1.165, 1.54) is 0 Å². The van der Waals surface area contributed by atoms with E-state index in [9.17, 15) is 39.6 Å². The van der Waals surface area contributed by atoms with Crippen molar-refractivity contribution in [1.82, 2.24) is 19.6 Å². The molecule has 88 heavy (non-hydrogen) atoms. The molecule has 16 rings (SSSR count). The van der Waals surface area contributed by atoms with Crippen molar-refractivity contribution in [3.63, 3.8) is 0 Å². The first kappa shape index (κ1) is 61.2. The Balaban J connectivity index is 0.000000108. The third kappa shape index (κ3) is 12.3. The van der Waals surface area contributed by atoms with Crippen LogP contribution in [0, 0.1) is 0 Å². The fourth-order valence-electron chi connectivity index (χ4n) is 16.2. The molecule has 8 bridgehead atoms. The van der Waals surface area contributed by atoms with Gasteiger partial charge in [-0.15, -0.1) is 0 Å². The van der Waals surface area contributed by atoms with Crippen molar-refractivity contribution in [1.29, 1.82) is 0 Å². The van der Waals surface area contributed by atoms with Gasteiger partial charge in [0, 0.05) is 99.7 Å². The fourth-order valence-corrected chi connectivity index (χ4v) is 16.2. The first-order chi connectivity index (χ1) is 42.7. The van der Waals surface area contributed by atoms with E-state index in [1.807, 2.05) is 121 Å². The number of ether oxygens (including phenoxy) is 8. The summed E-state index contributed by atoms with van der Waals surface area (Å²) in [5.41, 5.74) is 3.21. The number of hydrogen-bond donors (Lipinski definition) is 4. The summed E-state index contributed by atoms with van der Waals surface area (Å²) in [4.78, 5) is 59.2. The van der Waals surface area contributed by atoms with Crippen LogP contribution in [0.3, 0.4) is 0 Å². The normalized spacial score (nSPS) is 37.5. The van der Waals surface area contributed by atoms with Gasteiger partial charge in [0.25, 0.3) is 0 Å². The molecule has 0 aliphatic carbocycles.